The van der Waals surface area contributed by atoms with Gasteiger partial charge < -0.3 is 16.0 Å². The fourth-order valence-corrected chi connectivity index (χ4v) is 2.79. The molecule has 0 spiro atoms. The van der Waals surface area contributed by atoms with E-state index in [0.29, 0.717) is 12.3 Å². The fourth-order valence-electron chi connectivity index (χ4n) is 2.79. The first-order valence-electron chi connectivity index (χ1n) is 9.29. The normalized spacial score (nSPS) is 11.8. The molecule has 2 rings (SSSR count). The van der Waals surface area contributed by atoms with Crippen LogP contribution in [0.3, 0.4) is 0 Å². The molecule has 0 radical (unpaired) electrons. The molecule has 2 aromatic rings. The van der Waals surface area contributed by atoms with Gasteiger partial charge in [-0.2, -0.15) is 0 Å². The number of amides is 2. The Labute approximate surface area is 161 Å². The van der Waals surface area contributed by atoms with Crippen LogP contribution in [0.5, 0.6) is 0 Å². The Morgan fingerprint density at radius 1 is 0.852 bits per heavy atom. The smallest absolute Gasteiger partial charge is 0.246 e. The van der Waals surface area contributed by atoms with Crippen LogP contribution in [0.1, 0.15) is 38.3 Å². The highest BCUT2D eigenvalue weighted by molar-refractivity contribution is 5.97. The van der Waals surface area contributed by atoms with Gasteiger partial charge in [-0.3, -0.25) is 9.59 Å². The number of rotatable bonds is 7. The second-order valence-corrected chi connectivity index (χ2v) is 7.35. The number of hydrogen-bond donors (Lipinski definition) is 3. The summed E-state index contributed by atoms with van der Waals surface area (Å²) in [5.41, 5.74) is 4.51. The third-order valence-corrected chi connectivity index (χ3v) is 4.27. The zero-order valence-electron chi connectivity index (χ0n) is 16.7. The van der Waals surface area contributed by atoms with Gasteiger partial charge >= 0.3 is 0 Å². The highest BCUT2D eigenvalue weighted by Crippen LogP contribution is 2.20. The lowest BCUT2D eigenvalue weighted by Gasteiger charge is -2.18. The van der Waals surface area contributed by atoms with Crippen LogP contribution in [0.4, 0.5) is 17.1 Å². The molecule has 0 aliphatic heterocycles. The Morgan fingerprint density at radius 3 is 1.96 bits per heavy atom. The zero-order chi connectivity index (χ0) is 20.0. The number of para-hydroxylation sites is 1. The molecular formula is C22H29N3O2. The summed E-state index contributed by atoms with van der Waals surface area (Å²) in [7, 11) is 0. The number of nitrogens with one attached hydrogen (secondary N) is 3. The molecule has 5 nitrogen and oxygen atoms in total. The van der Waals surface area contributed by atoms with E-state index in [1.165, 1.54) is 0 Å². The van der Waals surface area contributed by atoms with Gasteiger partial charge in [-0.05, 0) is 62.1 Å². The molecule has 144 valence electrons. The van der Waals surface area contributed by atoms with Crippen molar-refractivity contribution in [2.24, 2.45) is 5.92 Å². The molecule has 1 atom stereocenters. The molecule has 27 heavy (non-hydrogen) atoms. The molecule has 0 aromatic heterocycles. The van der Waals surface area contributed by atoms with Crippen molar-refractivity contribution >= 4 is 28.9 Å². The number of anilines is 3. The third-order valence-electron chi connectivity index (χ3n) is 4.27. The van der Waals surface area contributed by atoms with Crippen LogP contribution in [0.2, 0.25) is 0 Å². The molecule has 3 N–H and O–H groups in total. The average Bonchev–Trinajstić information content (AvgIpc) is 2.59. The van der Waals surface area contributed by atoms with Gasteiger partial charge in [0.1, 0.15) is 6.04 Å². The Bertz CT molecular complexity index is 777. The predicted octanol–water partition coefficient (Wildman–Crippen LogP) is 4.73. The number of aryl methyl sites for hydroxylation is 2. The molecule has 5 heteroatoms. The number of carbonyl (C=O) groups excluding carboxylic acids is 2. The summed E-state index contributed by atoms with van der Waals surface area (Å²) in [6.07, 6.45) is 0.496. The molecule has 0 saturated heterocycles. The third kappa shape index (κ3) is 6.13. The van der Waals surface area contributed by atoms with Crippen molar-refractivity contribution < 1.29 is 9.59 Å². The van der Waals surface area contributed by atoms with Gasteiger partial charge in [-0.25, -0.2) is 0 Å². The number of carbonyl (C=O) groups is 2. The molecule has 0 fully saturated rings. The predicted molar refractivity (Wildman–Crippen MR) is 112 cm³/mol. The van der Waals surface area contributed by atoms with E-state index >= 15 is 0 Å². The molecule has 0 saturated carbocycles. The van der Waals surface area contributed by atoms with Gasteiger partial charge in [0.25, 0.3) is 0 Å². The van der Waals surface area contributed by atoms with Crippen molar-refractivity contribution in [3.63, 3.8) is 0 Å². The topological polar surface area (TPSA) is 70.2 Å². The van der Waals surface area contributed by atoms with Gasteiger partial charge in [-0.15, -0.1) is 0 Å². The van der Waals surface area contributed by atoms with E-state index in [1.807, 2.05) is 77.1 Å². The Hall–Kier alpha value is -2.82. The Kier molecular flexibility index (Phi) is 6.99. The van der Waals surface area contributed by atoms with E-state index in [-0.39, 0.29) is 11.8 Å². The van der Waals surface area contributed by atoms with Crippen molar-refractivity contribution in [2.75, 3.05) is 16.0 Å². The standard InChI is InChI=1S/C22H29N3O2/c1-14(2)13-20(26)24-19-11-9-18(10-12-19)23-17(5)22(27)25-21-15(3)7-6-8-16(21)4/h6-12,14,17,23H,13H2,1-5H3,(H,24,26)(H,25,27). The van der Waals surface area contributed by atoms with Gasteiger partial charge in [0.05, 0.1) is 0 Å². The van der Waals surface area contributed by atoms with Crippen LogP contribution in [-0.4, -0.2) is 17.9 Å². The molecule has 1 unspecified atom stereocenters. The maximum atomic E-state index is 12.5. The second-order valence-electron chi connectivity index (χ2n) is 7.35. The van der Waals surface area contributed by atoms with Crippen LogP contribution >= 0.6 is 0 Å². The highest BCUT2D eigenvalue weighted by Gasteiger charge is 2.15. The van der Waals surface area contributed by atoms with E-state index in [0.717, 1.165) is 28.2 Å². The summed E-state index contributed by atoms with van der Waals surface area (Å²) in [5.74, 6) is 0.232. The SMILES string of the molecule is Cc1cccc(C)c1NC(=O)C(C)Nc1ccc(NC(=O)CC(C)C)cc1. The molecule has 0 aliphatic rings. The van der Waals surface area contributed by atoms with Crippen LogP contribution in [0, 0.1) is 19.8 Å². The summed E-state index contributed by atoms with van der Waals surface area (Å²) in [4.78, 5) is 24.3. The number of hydrogen-bond acceptors (Lipinski definition) is 3. The van der Waals surface area contributed by atoms with Crippen molar-refractivity contribution in [1.29, 1.82) is 0 Å². The van der Waals surface area contributed by atoms with E-state index < -0.39 is 6.04 Å². The average molecular weight is 367 g/mol. The lowest BCUT2D eigenvalue weighted by Crippen LogP contribution is -2.32. The molecule has 2 amide bonds. The Morgan fingerprint density at radius 2 is 1.41 bits per heavy atom. The largest absolute Gasteiger partial charge is 0.374 e. The summed E-state index contributed by atoms with van der Waals surface area (Å²) < 4.78 is 0. The minimum Gasteiger partial charge on any atom is -0.374 e. The minimum absolute atomic E-state index is 0.00653. The Balaban J connectivity index is 1.94. The molecular weight excluding hydrogens is 338 g/mol. The van der Waals surface area contributed by atoms with Crippen LogP contribution in [0.15, 0.2) is 42.5 Å². The molecule has 0 aliphatic carbocycles. The van der Waals surface area contributed by atoms with E-state index in [9.17, 15) is 9.59 Å². The molecule has 0 bridgehead atoms. The first-order chi connectivity index (χ1) is 12.8. The van der Waals surface area contributed by atoms with Crippen LogP contribution in [-0.2, 0) is 9.59 Å². The highest BCUT2D eigenvalue weighted by atomic mass is 16.2. The van der Waals surface area contributed by atoms with E-state index in [1.54, 1.807) is 0 Å². The van der Waals surface area contributed by atoms with Crippen molar-refractivity contribution in [3.8, 4) is 0 Å². The van der Waals surface area contributed by atoms with Crippen LogP contribution in [0.25, 0.3) is 0 Å². The fraction of sp³-hybridized carbons (Fsp3) is 0.364. The monoisotopic (exact) mass is 367 g/mol. The van der Waals surface area contributed by atoms with E-state index in [2.05, 4.69) is 16.0 Å². The number of benzene rings is 2. The maximum absolute atomic E-state index is 12.5. The lowest BCUT2D eigenvalue weighted by molar-refractivity contribution is -0.117. The van der Waals surface area contributed by atoms with Gasteiger partial charge in [0.15, 0.2) is 0 Å². The summed E-state index contributed by atoms with van der Waals surface area (Å²) in [6, 6.07) is 12.9. The summed E-state index contributed by atoms with van der Waals surface area (Å²) in [6.45, 7) is 9.80. The van der Waals surface area contributed by atoms with Crippen LogP contribution < -0.4 is 16.0 Å². The molecule has 0 heterocycles. The lowest BCUT2D eigenvalue weighted by atomic mass is 10.1. The van der Waals surface area contributed by atoms with E-state index in [4.69, 9.17) is 0 Å². The quantitative estimate of drug-likeness (QED) is 0.663. The first-order valence-corrected chi connectivity index (χ1v) is 9.29. The van der Waals surface area contributed by atoms with Crippen molar-refractivity contribution in [2.45, 2.75) is 47.1 Å². The molecule has 2 aromatic carbocycles. The minimum atomic E-state index is -0.398. The van der Waals surface area contributed by atoms with Crippen molar-refractivity contribution in [1.82, 2.24) is 0 Å². The second kappa shape index (κ2) is 9.21. The maximum Gasteiger partial charge on any atom is 0.246 e. The van der Waals surface area contributed by atoms with Crippen molar-refractivity contribution in [3.05, 3.63) is 53.6 Å². The van der Waals surface area contributed by atoms with Gasteiger partial charge in [0, 0.05) is 23.5 Å². The summed E-state index contributed by atoms with van der Waals surface area (Å²) >= 11 is 0. The zero-order valence-corrected chi connectivity index (χ0v) is 16.7. The summed E-state index contributed by atoms with van der Waals surface area (Å²) in [5, 5.41) is 9.06. The first kappa shape index (κ1) is 20.5. The van der Waals surface area contributed by atoms with Gasteiger partial charge in [0.2, 0.25) is 11.8 Å². The van der Waals surface area contributed by atoms with Gasteiger partial charge in [-0.1, -0.05) is 32.0 Å².